The van der Waals surface area contributed by atoms with E-state index in [1.807, 2.05) is 23.6 Å². The molecule has 0 saturated carbocycles. The Bertz CT molecular complexity index is 1860. The van der Waals surface area contributed by atoms with Crippen LogP contribution in [0.4, 0.5) is 10.8 Å². The third-order valence-electron chi connectivity index (χ3n) is 6.38. The maximum Gasteiger partial charge on any atom is 0.272 e. The van der Waals surface area contributed by atoms with E-state index in [4.69, 9.17) is 23.2 Å². The number of thioether (sulfide) groups is 1. The molecule has 1 atom stereocenters. The topological polar surface area (TPSA) is 100 Å². The lowest BCUT2D eigenvalue weighted by Crippen LogP contribution is -2.30. The molecule has 0 bridgehead atoms. The second-order valence-corrected chi connectivity index (χ2v) is 12.8. The molecule has 5 aromatic rings. The predicted octanol–water partition coefficient (Wildman–Crippen LogP) is 8.65. The summed E-state index contributed by atoms with van der Waals surface area (Å²) in [6.45, 7) is 1.79. The van der Waals surface area contributed by atoms with Gasteiger partial charge in [0.1, 0.15) is 5.70 Å². The van der Waals surface area contributed by atoms with Crippen LogP contribution < -0.4 is 16.0 Å². The highest BCUT2D eigenvalue weighted by Gasteiger charge is 2.19. The number of anilines is 2. The van der Waals surface area contributed by atoms with E-state index in [1.165, 1.54) is 29.2 Å². The van der Waals surface area contributed by atoms with E-state index in [1.54, 1.807) is 91.9 Å². The molecule has 1 aromatic heterocycles. The Labute approximate surface area is 278 Å². The van der Waals surface area contributed by atoms with Crippen molar-refractivity contribution in [2.45, 2.75) is 17.1 Å². The van der Waals surface area contributed by atoms with Gasteiger partial charge in [-0.15, -0.1) is 23.1 Å². The van der Waals surface area contributed by atoms with E-state index >= 15 is 0 Å². The minimum atomic E-state index is -0.535. The van der Waals surface area contributed by atoms with Gasteiger partial charge in [0.2, 0.25) is 5.91 Å². The third-order valence-corrected chi connectivity index (χ3v) is 8.83. The van der Waals surface area contributed by atoms with Crippen molar-refractivity contribution in [3.63, 3.8) is 0 Å². The van der Waals surface area contributed by atoms with E-state index in [9.17, 15) is 14.4 Å². The summed E-state index contributed by atoms with van der Waals surface area (Å²) in [4.78, 5) is 44.6. The Kier molecular flexibility index (Phi) is 10.7. The van der Waals surface area contributed by atoms with Crippen LogP contribution in [0.15, 0.2) is 119 Å². The molecule has 3 amide bonds. The van der Waals surface area contributed by atoms with Gasteiger partial charge in [0, 0.05) is 37.1 Å². The Morgan fingerprint density at radius 2 is 1.60 bits per heavy atom. The molecule has 0 aliphatic rings. The van der Waals surface area contributed by atoms with E-state index in [-0.39, 0.29) is 11.6 Å². The number of nitrogens with zero attached hydrogens (tertiary/aromatic N) is 1. The summed E-state index contributed by atoms with van der Waals surface area (Å²) in [6, 6.07) is 30.1. The molecule has 0 fully saturated rings. The van der Waals surface area contributed by atoms with Gasteiger partial charge < -0.3 is 16.0 Å². The van der Waals surface area contributed by atoms with Crippen molar-refractivity contribution < 1.29 is 14.4 Å². The molecule has 7 nitrogen and oxygen atoms in total. The smallest absolute Gasteiger partial charge is 0.272 e. The molecule has 1 unspecified atom stereocenters. The van der Waals surface area contributed by atoms with Crippen molar-refractivity contribution in [2.75, 3.05) is 10.6 Å². The van der Waals surface area contributed by atoms with Crippen LogP contribution in [0.3, 0.4) is 0 Å². The van der Waals surface area contributed by atoms with E-state index in [2.05, 4.69) is 20.9 Å². The van der Waals surface area contributed by atoms with Crippen molar-refractivity contribution in [3.8, 4) is 11.3 Å². The maximum absolute atomic E-state index is 13.4. The normalized spacial score (nSPS) is 11.8. The molecule has 45 heavy (non-hydrogen) atoms. The van der Waals surface area contributed by atoms with Crippen molar-refractivity contribution in [2.24, 2.45) is 0 Å². The Hall–Kier alpha value is -4.41. The number of nitrogens with one attached hydrogen (secondary N) is 3. The molecule has 5 rings (SSSR count). The predicted molar refractivity (Wildman–Crippen MR) is 185 cm³/mol. The molecule has 1 heterocycles. The summed E-state index contributed by atoms with van der Waals surface area (Å²) in [5, 5.41) is 11.4. The molecule has 4 aromatic carbocycles. The first-order valence-electron chi connectivity index (χ1n) is 13.7. The Morgan fingerprint density at radius 3 is 2.36 bits per heavy atom. The van der Waals surface area contributed by atoms with Gasteiger partial charge in [0.25, 0.3) is 11.8 Å². The van der Waals surface area contributed by atoms with Crippen LogP contribution in [0.2, 0.25) is 10.0 Å². The van der Waals surface area contributed by atoms with E-state index in [0.29, 0.717) is 32.0 Å². The second-order valence-electron chi connectivity index (χ2n) is 9.68. The van der Waals surface area contributed by atoms with Crippen LogP contribution in [-0.2, 0) is 9.59 Å². The summed E-state index contributed by atoms with van der Waals surface area (Å²) < 4.78 is 0. The average Bonchev–Trinajstić information content (AvgIpc) is 3.51. The third kappa shape index (κ3) is 8.83. The molecule has 0 aliphatic heterocycles. The Morgan fingerprint density at radius 1 is 0.867 bits per heavy atom. The first-order chi connectivity index (χ1) is 21.7. The highest BCUT2D eigenvalue weighted by molar-refractivity contribution is 8.00. The van der Waals surface area contributed by atoms with Crippen molar-refractivity contribution in [1.82, 2.24) is 10.3 Å². The zero-order chi connectivity index (χ0) is 31.8. The number of carbonyl (C=O) groups is 3. The summed E-state index contributed by atoms with van der Waals surface area (Å²) in [5.41, 5.74) is 3.14. The molecule has 226 valence electrons. The highest BCUT2D eigenvalue weighted by Crippen LogP contribution is 2.29. The fourth-order valence-electron chi connectivity index (χ4n) is 4.08. The number of carbonyl (C=O) groups excluding carboxylic acids is 3. The van der Waals surface area contributed by atoms with Gasteiger partial charge in [-0.3, -0.25) is 14.4 Å². The highest BCUT2D eigenvalue weighted by atomic mass is 35.5. The van der Waals surface area contributed by atoms with Gasteiger partial charge in [-0.25, -0.2) is 4.98 Å². The monoisotopic (exact) mass is 672 g/mol. The van der Waals surface area contributed by atoms with Gasteiger partial charge in [-0.05, 0) is 67.1 Å². The van der Waals surface area contributed by atoms with Crippen LogP contribution in [0.1, 0.15) is 22.8 Å². The van der Waals surface area contributed by atoms with Gasteiger partial charge >= 0.3 is 0 Å². The summed E-state index contributed by atoms with van der Waals surface area (Å²) >= 11 is 15.0. The fraction of sp³-hybridized carbons (Fsp3) is 0.0588. The minimum Gasteiger partial charge on any atom is -0.321 e. The standard InChI is InChI=1S/C34H26Cl2N4O3S2/c1-21(31(41)40-34-39-30(20-44-34)22-14-16-25(35)17-15-22)45-27-12-7-11-26(19-27)37-33(43)29(18-24-10-5-6-13-28(24)36)38-32(42)23-8-3-2-4-9-23/h2-21H,1H3,(H,37,43)(H,38,42)(H,39,40,41)/b29-18+. The second kappa shape index (κ2) is 15.0. The first kappa shape index (κ1) is 32.0. The van der Waals surface area contributed by atoms with Gasteiger partial charge in [0.15, 0.2) is 5.13 Å². The lowest BCUT2D eigenvalue weighted by atomic mass is 10.1. The quantitative estimate of drug-likeness (QED) is 0.102. The lowest BCUT2D eigenvalue weighted by molar-refractivity contribution is -0.115. The largest absolute Gasteiger partial charge is 0.321 e. The number of benzene rings is 4. The van der Waals surface area contributed by atoms with Crippen LogP contribution in [0.25, 0.3) is 17.3 Å². The molecule has 0 aliphatic carbocycles. The summed E-state index contributed by atoms with van der Waals surface area (Å²) in [5.74, 6) is -1.18. The number of hydrogen-bond acceptors (Lipinski definition) is 6. The summed E-state index contributed by atoms with van der Waals surface area (Å²) in [7, 11) is 0. The number of amides is 3. The maximum atomic E-state index is 13.4. The lowest BCUT2D eigenvalue weighted by Gasteiger charge is -2.14. The molecule has 0 radical (unpaired) electrons. The number of rotatable bonds is 10. The van der Waals surface area contributed by atoms with Crippen LogP contribution in [-0.4, -0.2) is 28.0 Å². The fourth-order valence-corrected chi connectivity index (χ4v) is 6.05. The summed E-state index contributed by atoms with van der Waals surface area (Å²) in [6.07, 6.45) is 1.53. The van der Waals surface area contributed by atoms with E-state index < -0.39 is 17.1 Å². The Balaban J connectivity index is 1.25. The first-order valence-corrected chi connectivity index (χ1v) is 16.2. The average molecular weight is 674 g/mol. The molecule has 0 saturated heterocycles. The zero-order valence-electron chi connectivity index (χ0n) is 23.8. The van der Waals surface area contributed by atoms with Gasteiger partial charge in [-0.1, -0.05) is 77.8 Å². The van der Waals surface area contributed by atoms with Crippen molar-refractivity contribution in [3.05, 3.63) is 135 Å². The van der Waals surface area contributed by atoms with E-state index in [0.717, 1.165) is 16.2 Å². The number of hydrogen-bond donors (Lipinski definition) is 3. The van der Waals surface area contributed by atoms with Gasteiger partial charge in [-0.2, -0.15) is 0 Å². The molecule has 0 spiro atoms. The molecule has 11 heteroatoms. The van der Waals surface area contributed by atoms with Crippen LogP contribution in [0.5, 0.6) is 0 Å². The van der Waals surface area contributed by atoms with Crippen LogP contribution >= 0.6 is 46.3 Å². The minimum absolute atomic E-state index is 0.0178. The van der Waals surface area contributed by atoms with Gasteiger partial charge in [0.05, 0.1) is 10.9 Å². The molecule has 3 N–H and O–H groups in total. The molecular weight excluding hydrogens is 647 g/mol. The van der Waals surface area contributed by atoms with Crippen molar-refractivity contribution in [1.29, 1.82) is 0 Å². The number of aromatic nitrogens is 1. The SMILES string of the molecule is CC(Sc1cccc(NC(=O)/C(=C\c2ccccc2Cl)NC(=O)c2ccccc2)c1)C(=O)Nc1nc(-c2ccc(Cl)cc2)cs1. The molecular formula is C34H26Cl2N4O3S2. The van der Waals surface area contributed by atoms with Crippen molar-refractivity contribution >= 4 is 80.9 Å². The number of halogens is 2. The zero-order valence-corrected chi connectivity index (χ0v) is 26.9. The van der Waals surface area contributed by atoms with Crippen LogP contribution in [0, 0.1) is 0 Å². The number of thiazole rings is 1.